The SMILES string of the molecule is Cc1cccc(C(=O)COc2ccccc2)c1C. The fourth-order valence-corrected chi connectivity index (χ4v) is 1.80. The maximum Gasteiger partial charge on any atom is 0.200 e. The molecule has 0 spiro atoms. The molecule has 2 rings (SSSR count). The predicted molar refractivity (Wildman–Crippen MR) is 72.2 cm³/mol. The largest absolute Gasteiger partial charge is 0.485 e. The summed E-state index contributed by atoms with van der Waals surface area (Å²) in [5.41, 5.74) is 2.89. The van der Waals surface area contributed by atoms with Crippen LogP contribution in [0.3, 0.4) is 0 Å². The third-order valence-electron chi connectivity index (χ3n) is 3.02. The van der Waals surface area contributed by atoms with E-state index in [1.165, 1.54) is 0 Å². The molecule has 0 aliphatic heterocycles. The summed E-state index contributed by atoms with van der Waals surface area (Å²) in [5, 5.41) is 0. The van der Waals surface area contributed by atoms with Crippen LogP contribution in [0.15, 0.2) is 48.5 Å². The maximum atomic E-state index is 12.1. The minimum Gasteiger partial charge on any atom is -0.485 e. The van der Waals surface area contributed by atoms with Crippen molar-refractivity contribution in [2.24, 2.45) is 0 Å². The van der Waals surface area contributed by atoms with E-state index in [1.54, 1.807) is 0 Å². The van der Waals surface area contributed by atoms with E-state index in [-0.39, 0.29) is 12.4 Å². The molecule has 2 aromatic rings. The standard InChI is InChI=1S/C16H16O2/c1-12-7-6-10-15(13(12)2)16(17)11-18-14-8-4-3-5-9-14/h3-10H,11H2,1-2H3. The van der Waals surface area contributed by atoms with E-state index in [0.717, 1.165) is 22.4 Å². The smallest absolute Gasteiger partial charge is 0.200 e. The fourth-order valence-electron chi connectivity index (χ4n) is 1.80. The number of Topliss-reactive ketones (excluding diaryl/α,β-unsaturated/α-hetero) is 1. The first kappa shape index (κ1) is 12.4. The first-order valence-corrected chi connectivity index (χ1v) is 5.96. The quantitative estimate of drug-likeness (QED) is 0.764. The van der Waals surface area contributed by atoms with Crippen molar-refractivity contribution < 1.29 is 9.53 Å². The van der Waals surface area contributed by atoms with Gasteiger partial charge in [-0.3, -0.25) is 4.79 Å². The van der Waals surface area contributed by atoms with Crippen LogP contribution in [0.25, 0.3) is 0 Å². The van der Waals surface area contributed by atoms with Crippen LogP contribution in [0.4, 0.5) is 0 Å². The number of hydrogen-bond donors (Lipinski definition) is 0. The third kappa shape index (κ3) is 2.77. The highest BCUT2D eigenvalue weighted by atomic mass is 16.5. The average Bonchev–Trinajstić information content (AvgIpc) is 2.40. The zero-order valence-corrected chi connectivity index (χ0v) is 10.6. The number of benzene rings is 2. The number of carbonyl (C=O) groups excluding carboxylic acids is 1. The molecule has 0 aromatic heterocycles. The van der Waals surface area contributed by atoms with E-state index >= 15 is 0 Å². The molecule has 92 valence electrons. The zero-order valence-electron chi connectivity index (χ0n) is 10.6. The Morgan fingerprint density at radius 3 is 2.44 bits per heavy atom. The Balaban J connectivity index is 2.07. The van der Waals surface area contributed by atoms with Crippen LogP contribution in [0, 0.1) is 13.8 Å². The number of ether oxygens (including phenoxy) is 1. The average molecular weight is 240 g/mol. The molecule has 0 saturated heterocycles. The molecule has 0 unspecified atom stereocenters. The van der Waals surface area contributed by atoms with Crippen molar-refractivity contribution in [2.75, 3.05) is 6.61 Å². The summed E-state index contributed by atoms with van der Waals surface area (Å²) >= 11 is 0. The van der Waals surface area contributed by atoms with Gasteiger partial charge in [0.1, 0.15) is 5.75 Å². The summed E-state index contributed by atoms with van der Waals surface area (Å²) in [7, 11) is 0. The Bertz CT molecular complexity index is 544. The zero-order chi connectivity index (χ0) is 13.0. The summed E-state index contributed by atoms with van der Waals surface area (Å²) in [5.74, 6) is 0.733. The number of rotatable bonds is 4. The van der Waals surface area contributed by atoms with Crippen LogP contribution in [0.2, 0.25) is 0 Å². The highest BCUT2D eigenvalue weighted by molar-refractivity contribution is 5.98. The lowest BCUT2D eigenvalue weighted by atomic mass is 10.0. The van der Waals surface area contributed by atoms with Gasteiger partial charge in [-0.1, -0.05) is 36.4 Å². The summed E-state index contributed by atoms with van der Waals surface area (Å²) in [6.07, 6.45) is 0. The van der Waals surface area contributed by atoms with Gasteiger partial charge in [-0.05, 0) is 37.1 Å². The Hall–Kier alpha value is -2.09. The number of carbonyl (C=O) groups is 1. The first-order chi connectivity index (χ1) is 8.68. The molecule has 0 aliphatic carbocycles. The van der Waals surface area contributed by atoms with Crippen LogP contribution in [0.5, 0.6) is 5.75 Å². The molecule has 2 nitrogen and oxygen atoms in total. The summed E-state index contributed by atoms with van der Waals surface area (Å²) < 4.78 is 5.47. The van der Waals surface area contributed by atoms with Gasteiger partial charge < -0.3 is 4.74 Å². The summed E-state index contributed by atoms with van der Waals surface area (Å²) in [6.45, 7) is 4.05. The highest BCUT2D eigenvalue weighted by Crippen LogP contribution is 2.14. The second-order valence-corrected chi connectivity index (χ2v) is 4.27. The van der Waals surface area contributed by atoms with E-state index in [9.17, 15) is 4.79 Å². The van der Waals surface area contributed by atoms with Crippen molar-refractivity contribution in [1.82, 2.24) is 0 Å². The van der Waals surface area contributed by atoms with Gasteiger partial charge in [0.15, 0.2) is 12.4 Å². The Morgan fingerprint density at radius 1 is 1.00 bits per heavy atom. The molecule has 0 atom stereocenters. The van der Waals surface area contributed by atoms with Crippen LogP contribution in [-0.2, 0) is 0 Å². The van der Waals surface area contributed by atoms with Gasteiger partial charge in [0.2, 0.25) is 0 Å². The molecule has 0 N–H and O–H groups in total. The maximum absolute atomic E-state index is 12.1. The van der Waals surface area contributed by atoms with Crippen molar-refractivity contribution in [1.29, 1.82) is 0 Å². The van der Waals surface area contributed by atoms with E-state index in [0.29, 0.717) is 0 Å². The molecule has 0 bridgehead atoms. The molecule has 0 radical (unpaired) electrons. The van der Waals surface area contributed by atoms with Crippen LogP contribution in [0.1, 0.15) is 21.5 Å². The van der Waals surface area contributed by atoms with Gasteiger partial charge in [-0.15, -0.1) is 0 Å². The first-order valence-electron chi connectivity index (χ1n) is 5.96. The van der Waals surface area contributed by atoms with E-state index in [1.807, 2.05) is 62.4 Å². The van der Waals surface area contributed by atoms with Crippen LogP contribution < -0.4 is 4.74 Å². The predicted octanol–water partition coefficient (Wildman–Crippen LogP) is 3.57. The van der Waals surface area contributed by atoms with Crippen LogP contribution in [-0.4, -0.2) is 12.4 Å². The molecule has 0 saturated carbocycles. The Kier molecular flexibility index (Phi) is 3.78. The lowest BCUT2D eigenvalue weighted by Gasteiger charge is -2.09. The molecule has 2 heteroatoms. The molecule has 0 heterocycles. The highest BCUT2D eigenvalue weighted by Gasteiger charge is 2.10. The molecule has 0 amide bonds. The van der Waals surface area contributed by atoms with E-state index in [2.05, 4.69) is 0 Å². The van der Waals surface area contributed by atoms with Gasteiger partial charge in [0.05, 0.1) is 0 Å². The summed E-state index contributed by atoms with van der Waals surface area (Å²) in [4.78, 5) is 12.1. The second-order valence-electron chi connectivity index (χ2n) is 4.27. The van der Waals surface area contributed by atoms with Crippen molar-refractivity contribution >= 4 is 5.78 Å². The van der Waals surface area contributed by atoms with E-state index < -0.39 is 0 Å². The fraction of sp³-hybridized carbons (Fsp3) is 0.188. The second kappa shape index (κ2) is 5.50. The van der Waals surface area contributed by atoms with Gasteiger partial charge >= 0.3 is 0 Å². The summed E-state index contributed by atoms with van der Waals surface area (Å²) in [6, 6.07) is 15.1. The monoisotopic (exact) mass is 240 g/mol. The third-order valence-corrected chi connectivity index (χ3v) is 3.02. The van der Waals surface area contributed by atoms with Gasteiger partial charge in [-0.25, -0.2) is 0 Å². The molecular weight excluding hydrogens is 224 g/mol. The number of ketones is 1. The molecular formula is C16H16O2. The normalized spacial score (nSPS) is 10.1. The molecule has 0 fully saturated rings. The van der Waals surface area contributed by atoms with Crippen molar-refractivity contribution in [3.63, 3.8) is 0 Å². The van der Waals surface area contributed by atoms with Gasteiger partial charge in [0, 0.05) is 5.56 Å². The minimum absolute atomic E-state index is 0.0139. The van der Waals surface area contributed by atoms with Crippen molar-refractivity contribution in [3.8, 4) is 5.75 Å². The van der Waals surface area contributed by atoms with Gasteiger partial charge in [-0.2, -0.15) is 0 Å². The Morgan fingerprint density at radius 2 is 1.72 bits per heavy atom. The lowest BCUT2D eigenvalue weighted by molar-refractivity contribution is 0.0921. The van der Waals surface area contributed by atoms with Gasteiger partial charge in [0.25, 0.3) is 0 Å². The molecule has 18 heavy (non-hydrogen) atoms. The van der Waals surface area contributed by atoms with Crippen LogP contribution >= 0.6 is 0 Å². The number of aryl methyl sites for hydroxylation is 1. The number of para-hydroxylation sites is 1. The minimum atomic E-state index is 0.0139. The van der Waals surface area contributed by atoms with E-state index in [4.69, 9.17) is 4.74 Å². The van der Waals surface area contributed by atoms with Crippen molar-refractivity contribution in [2.45, 2.75) is 13.8 Å². The topological polar surface area (TPSA) is 26.3 Å². The molecule has 0 aliphatic rings. The Labute approximate surface area is 107 Å². The lowest BCUT2D eigenvalue weighted by Crippen LogP contribution is -2.13. The molecule has 2 aromatic carbocycles. The van der Waals surface area contributed by atoms with Crippen molar-refractivity contribution in [3.05, 3.63) is 65.2 Å². The number of hydrogen-bond acceptors (Lipinski definition) is 2.